The second kappa shape index (κ2) is 4.80. The Morgan fingerprint density at radius 2 is 2.00 bits per heavy atom. The Bertz CT molecular complexity index is 676. The number of benzene rings is 1. The summed E-state index contributed by atoms with van der Waals surface area (Å²) in [4.78, 5) is 24.0. The highest BCUT2D eigenvalue weighted by molar-refractivity contribution is 6.11. The van der Waals surface area contributed by atoms with Crippen LogP contribution in [0.3, 0.4) is 0 Å². The molecule has 102 valence electrons. The van der Waals surface area contributed by atoms with Gasteiger partial charge in [0, 0.05) is 25.0 Å². The lowest BCUT2D eigenvalue weighted by molar-refractivity contribution is 0.0916. The number of fused-ring (bicyclic) bond motifs is 1. The van der Waals surface area contributed by atoms with Crippen molar-refractivity contribution < 1.29 is 14.0 Å². The second-order valence-corrected chi connectivity index (χ2v) is 4.49. The van der Waals surface area contributed by atoms with E-state index in [9.17, 15) is 14.0 Å². The molecule has 6 heteroatoms. The van der Waals surface area contributed by atoms with Gasteiger partial charge in [0.1, 0.15) is 11.5 Å². The van der Waals surface area contributed by atoms with Crippen LogP contribution in [0, 0.1) is 5.82 Å². The van der Waals surface area contributed by atoms with Crippen molar-refractivity contribution >= 4 is 17.5 Å². The summed E-state index contributed by atoms with van der Waals surface area (Å²) in [5.41, 5.74) is 1.15. The predicted molar refractivity (Wildman–Crippen MR) is 71.1 cm³/mol. The minimum atomic E-state index is -0.387. The molecule has 2 amide bonds. The summed E-state index contributed by atoms with van der Waals surface area (Å²) in [5, 5.41) is 5.34. The van der Waals surface area contributed by atoms with Gasteiger partial charge < -0.3 is 15.2 Å². The van der Waals surface area contributed by atoms with Crippen LogP contribution in [-0.2, 0) is 6.54 Å². The number of hydrogen-bond donors (Lipinski definition) is 2. The van der Waals surface area contributed by atoms with Crippen LogP contribution in [0.2, 0.25) is 0 Å². The molecule has 0 atom stereocenters. The van der Waals surface area contributed by atoms with Crippen LogP contribution in [0.15, 0.2) is 36.5 Å². The van der Waals surface area contributed by atoms with E-state index in [2.05, 4.69) is 10.6 Å². The third-order valence-corrected chi connectivity index (χ3v) is 3.16. The number of carbonyl (C=O) groups excluding carboxylic acids is 2. The van der Waals surface area contributed by atoms with E-state index in [1.54, 1.807) is 16.8 Å². The number of anilines is 1. The predicted octanol–water partition coefficient (Wildman–Crippen LogP) is 1.62. The van der Waals surface area contributed by atoms with E-state index in [4.69, 9.17) is 0 Å². The summed E-state index contributed by atoms with van der Waals surface area (Å²) in [5.74, 6) is -1.02. The standard InChI is InChI=1S/C14H12FN3O2/c15-9-1-3-10(4-2-9)17-13(19)11-5-7-18-8-6-16-14(20)12(11)18/h1-5,7H,6,8H2,(H,16,20)(H,17,19). The van der Waals surface area contributed by atoms with Crippen molar-refractivity contribution in [3.63, 3.8) is 0 Å². The first-order valence-corrected chi connectivity index (χ1v) is 6.19. The molecule has 0 saturated heterocycles. The summed E-state index contributed by atoms with van der Waals surface area (Å²) in [6, 6.07) is 7.07. The molecule has 1 aromatic heterocycles. The van der Waals surface area contributed by atoms with Crippen molar-refractivity contribution in [1.29, 1.82) is 0 Å². The van der Waals surface area contributed by atoms with Gasteiger partial charge in [0.25, 0.3) is 11.8 Å². The molecule has 1 aliphatic rings. The summed E-state index contributed by atoms with van der Waals surface area (Å²) in [7, 11) is 0. The first-order valence-electron chi connectivity index (χ1n) is 6.19. The molecular formula is C14H12FN3O2. The van der Waals surface area contributed by atoms with Crippen LogP contribution in [0.25, 0.3) is 0 Å². The van der Waals surface area contributed by atoms with Gasteiger partial charge in [-0.25, -0.2) is 4.39 Å². The lowest BCUT2D eigenvalue weighted by atomic mass is 10.2. The number of rotatable bonds is 2. The Hall–Kier alpha value is -2.63. The van der Waals surface area contributed by atoms with E-state index in [1.165, 1.54) is 24.3 Å². The lowest BCUT2D eigenvalue weighted by Crippen LogP contribution is -2.36. The van der Waals surface area contributed by atoms with Crippen molar-refractivity contribution in [2.24, 2.45) is 0 Å². The molecule has 0 bridgehead atoms. The molecule has 1 aliphatic heterocycles. The Labute approximate surface area is 114 Å². The van der Waals surface area contributed by atoms with E-state index in [0.29, 0.717) is 30.0 Å². The van der Waals surface area contributed by atoms with Crippen molar-refractivity contribution in [1.82, 2.24) is 9.88 Å². The van der Waals surface area contributed by atoms with Gasteiger partial charge in [-0.1, -0.05) is 0 Å². The zero-order valence-corrected chi connectivity index (χ0v) is 10.5. The maximum absolute atomic E-state index is 12.8. The minimum Gasteiger partial charge on any atom is -0.349 e. The number of carbonyl (C=O) groups is 2. The van der Waals surface area contributed by atoms with Crippen molar-refractivity contribution in [2.75, 3.05) is 11.9 Å². The molecule has 3 rings (SSSR count). The fourth-order valence-electron chi connectivity index (χ4n) is 2.20. The Morgan fingerprint density at radius 1 is 1.25 bits per heavy atom. The SMILES string of the molecule is O=C(Nc1ccc(F)cc1)c1ccn2c1C(=O)NCC2. The summed E-state index contributed by atoms with van der Waals surface area (Å²) >= 11 is 0. The Morgan fingerprint density at radius 3 is 2.75 bits per heavy atom. The molecule has 2 aromatic rings. The molecule has 0 spiro atoms. The summed E-state index contributed by atoms with van der Waals surface area (Å²) < 4.78 is 14.6. The smallest absolute Gasteiger partial charge is 0.268 e. The van der Waals surface area contributed by atoms with E-state index < -0.39 is 0 Å². The second-order valence-electron chi connectivity index (χ2n) is 4.49. The molecule has 20 heavy (non-hydrogen) atoms. The molecule has 5 nitrogen and oxygen atoms in total. The first kappa shape index (κ1) is 12.4. The zero-order valence-electron chi connectivity index (χ0n) is 10.5. The lowest BCUT2D eigenvalue weighted by Gasteiger charge is -2.17. The fourth-order valence-corrected chi connectivity index (χ4v) is 2.20. The average Bonchev–Trinajstić information content (AvgIpc) is 2.87. The molecule has 0 aliphatic carbocycles. The van der Waals surface area contributed by atoms with Crippen LogP contribution >= 0.6 is 0 Å². The number of nitrogens with zero attached hydrogens (tertiary/aromatic N) is 1. The van der Waals surface area contributed by atoms with Gasteiger partial charge >= 0.3 is 0 Å². The van der Waals surface area contributed by atoms with Gasteiger partial charge in [-0.2, -0.15) is 0 Å². The quantitative estimate of drug-likeness (QED) is 0.873. The van der Waals surface area contributed by atoms with Crippen molar-refractivity contribution in [3.05, 3.63) is 53.6 Å². The molecule has 0 unspecified atom stereocenters. The van der Waals surface area contributed by atoms with Crippen molar-refractivity contribution in [3.8, 4) is 0 Å². The highest BCUT2D eigenvalue weighted by Crippen LogP contribution is 2.16. The van der Waals surface area contributed by atoms with Gasteiger partial charge in [-0.3, -0.25) is 9.59 Å². The monoisotopic (exact) mass is 273 g/mol. The minimum absolute atomic E-state index is 0.259. The Balaban J connectivity index is 1.86. The van der Waals surface area contributed by atoms with E-state index in [-0.39, 0.29) is 17.6 Å². The molecule has 2 heterocycles. The van der Waals surface area contributed by atoms with Gasteiger partial charge in [-0.05, 0) is 30.3 Å². The van der Waals surface area contributed by atoms with Gasteiger partial charge in [-0.15, -0.1) is 0 Å². The summed E-state index contributed by atoms with van der Waals surface area (Å²) in [6.07, 6.45) is 1.72. The van der Waals surface area contributed by atoms with Crippen LogP contribution < -0.4 is 10.6 Å². The normalized spacial score (nSPS) is 13.6. The molecule has 0 saturated carbocycles. The fraction of sp³-hybridized carbons (Fsp3) is 0.143. The summed E-state index contributed by atoms with van der Waals surface area (Å²) in [6.45, 7) is 1.20. The Kier molecular flexibility index (Phi) is 2.98. The molecular weight excluding hydrogens is 261 g/mol. The van der Waals surface area contributed by atoms with Gasteiger partial charge in [0.2, 0.25) is 0 Å². The largest absolute Gasteiger partial charge is 0.349 e. The number of nitrogens with one attached hydrogen (secondary N) is 2. The maximum atomic E-state index is 12.8. The maximum Gasteiger partial charge on any atom is 0.268 e. The van der Waals surface area contributed by atoms with Gasteiger partial charge in [0.05, 0.1) is 5.56 Å². The van der Waals surface area contributed by atoms with E-state index in [1.807, 2.05) is 0 Å². The van der Waals surface area contributed by atoms with E-state index in [0.717, 1.165) is 0 Å². The topological polar surface area (TPSA) is 63.1 Å². The highest BCUT2D eigenvalue weighted by Gasteiger charge is 2.24. The van der Waals surface area contributed by atoms with Crippen LogP contribution in [0.1, 0.15) is 20.8 Å². The number of amides is 2. The van der Waals surface area contributed by atoms with Crippen LogP contribution in [0.5, 0.6) is 0 Å². The van der Waals surface area contributed by atoms with Gasteiger partial charge in [0.15, 0.2) is 0 Å². The number of aromatic nitrogens is 1. The van der Waals surface area contributed by atoms with E-state index >= 15 is 0 Å². The van der Waals surface area contributed by atoms with Crippen molar-refractivity contribution in [2.45, 2.75) is 6.54 Å². The molecule has 2 N–H and O–H groups in total. The van der Waals surface area contributed by atoms with Crippen LogP contribution in [-0.4, -0.2) is 22.9 Å². The first-order chi connectivity index (χ1) is 9.65. The number of hydrogen-bond acceptors (Lipinski definition) is 2. The molecule has 0 fully saturated rings. The molecule has 0 radical (unpaired) electrons. The van der Waals surface area contributed by atoms with Crippen LogP contribution in [0.4, 0.5) is 10.1 Å². The highest BCUT2D eigenvalue weighted by atomic mass is 19.1. The average molecular weight is 273 g/mol. The third kappa shape index (κ3) is 2.16. The zero-order chi connectivity index (χ0) is 14.1. The third-order valence-electron chi connectivity index (χ3n) is 3.16. The molecule has 1 aromatic carbocycles. The number of halogens is 1.